The van der Waals surface area contributed by atoms with E-state index in [1.54, 1.807) is 0 Å². The molecule has 1 saturated heterocycles. The van der Waals surface area contributed by atoms with Crippen molar-refractivity contribution < 1.29 is 0 Å². The van der Waals surface area contributed by atoms with Crippen molar-refractivity contribution in [3.8, 4) is 0 Å². The van der Waals surface area contributed by atoms with Gasteiger partial charge in [0.1, 0.15) is 0 Å². The Labute approximate surface area is 87.6 Å². The molecule has 0 radical (unpaired) electrons. The smallest absolute Gasteiger partial charge is 0.00405 e. The van der Waals surface area contributed by atoms with Crippen LogP contribution in [0.1, 0.15) is 26.7 Å². The molecule has 0 atom stereocenters. The van der Waals surface area contributed by atoms with Gasteiger partial charge in [-0.05, 0) is 43.8 Å². The topological polar surface area (TPSA) is 12.0 Å². The second kappa shape index (κ2) is 5.16. The number of hydrogen-bond donors (Lipinski definition) is 1. The lowest BCUT2D eigenvalue weighted by molar-refractivity contribution is 0.288. The summed E-state index contributed by atoms with van der Waals surface area (Å²) in [6, 6.07) is 0. The lowest BCUT2D eigenvalue weighted by Gasteiger charge is -2.35. The SMILES string of the molecule is C=C/C(=C\C=C/C)C1(C)CCNCC1. The quantitative estimate of drug-likeness (QED) is 0.676. The number of rotatable bonds is 3. The van der Waals surface area contributed by atoms with Crippen molar-refractivity contribution in [3.05, 3.63) is 36.5 Å². The maximum absolute atomic E-state index is 3.91. The molecule has 0 aromatic rings. The molecule has 0 bridgehead atoms. The van der Waals surface area contributed by atoms with E-state index >= 15 is 0 Å². The maximum atomic E-state index is 3.91. The van der Waals surface area contributed by atoms with Gasteiger partial charge in [-0.2, -0.15) is 0 Å². The van der Waals surface area contributed by atoms with Gasteiger partial charge in [-0.15, -0.1) is 0 Å². The van der Waals surface area contributed by atoms with Crippen LogP contribution in [0.5, 0.6) is 0 Å². The van der Waals surface area contributed by atoms with Gasteiger partial charge in [-0.3, -0.25) is 0 Å². The van der Waals surface area contributed by atoms with Gasteiger partial charge in [-0.25, -0.2) is 0 Å². The van der Waals surface area contributed by atoms with Crippen molar-refractivity contribution in [3.63, 3.8) is 0 Å². The molecule has 0 amide bonds. The molecule has 1 aliphatic rings. The van der Waals surface area contributed by atoms with E-state index in [4.69, 9.17) is 0 Å². The van der Waals surface area contributed by atoms with Crippen molar-refractivity contribution in [2.75, 3.05) is 13.1 Å². The van der Waals surface area contributed by atoms with E-state index in [1.165, 1.54) is 18.4 Å². The van der Waals surface area contributed by atoms with Crippen molar-refractivity contribution in [2.45, 2.75) is 26.7 Å². The Morgan fingerprint density at radius 2 is 2.00 bits per heavy atom. The molecule has 0 saturated carbocycles. The fraction of sp³-hybridized carbons (Fsp3) is 0.538. The predicted octanol–water partition coefficient (Wildman–Crippen LogP) is 3.06. The molecular formula is C13H21N. The van der Waals surface area contributed by atoms with Crippen LogP contribution in [0.4, 0.5) is 0 Å². The van der Waals surface area contributed by atoms with Crippen LogP contribution in [0.2, 0.25) is 0 Å². The largest absolute Gasteiger partial charge is 0.317 e. The van der Waals surface area contributed by atoms with Crippen molar-refractivity contribution in [1.82, 2.24) is 5.32 Å². The van der Waals surface area contributed by atoms with Gasteiger partial charge >= 0.3 is 0 Å². The summed E-state index contributed by atoms with van der Waals surface area (Å²) in [5.41, 5.74) is 1.70. The van der Waals surface area contributed by atoms with Crippen LogP contribution >= 0.6 is 0 Å². The molecule has 1 heteroatoms. The standard InChI is InChI=1S/C13H21N/c1-4-6-7-12(5-2)13(3)8-10-14-11-9-13/h4-7,14H,2,8-11H2,1,3H3/b6-4-,12-7+. The molecule has 1 rings (SSSR count). The maximum Gasteiger partial charge on any atom is -0.00405 e. The Morgan fingerprint density at radius 1 is 1.36 bits per heavy atom. The van der Waals surface area contributed by atoms with Crippen molar-refractivity contribution in [2.24, 2.45) is 5.41 Å². The van der Waals surface area contributed by atoms with E-state index < -0.39 is 0 Å². The Bertz CT molecular complexity index is 242. The van der Waals surface area contributed by atoms with E-state index in [0.29, 0.717) is 5.41 Å². The summed E-state index contributed by atoms with van der Waals surface area (Å²) in [6.45, 7) is 10.5. The molecule has 0 aliphatic carbocycles. The molecule has 1 heterocycles. The van der Waals surface area contributed by atoms with E-state index in [9.17, 15) is 0 Å². The second-order valence-electron chi connectivity index (χ2n) is 4.16. The molecule has 0 unspecified atom stereocenters. The highest BCUT2D eigenvalue weighted by atomic mass is 14.9. The number of hydrogen-bond acceptors (Lipinski definition) is 1. The highest BCUT2D eigenvalue weighted by Gasteiger charge is 2.28. The first-order chi connectivity index (χ1) is 6.73. The summed E-state index contributed by atoms with van der Waals surface area (Å²) in [6.07, 6.45) is 10.8. The van der Waals surface area contributed by atoms with Gasteiger partial charge in [0.15, 0.2) is 0 Å². The predicted molar refractivity (Wildman–Crippen MR) is 63.3 cm³/mol. The molecule has 0 spiro atoms. The number of nitrogens with one attached hydrogen (secondary N) is 1. The first-order valence-electron chi connectivity index (χ1n) is 5.39. The zero-order chi connectivity index (χ0) is 10.4. The lowest BCUT2D eigenvalue weighted by Crippen LogP contribution is -2.35. The Morgan fingerprint density at radius 3 is 2.50 bits per heavy atom. The highest BCUT2D eigenvalue weighted by Crippen LogP contribution is 2.36. The monoisotopic (exact) mass is 191 g/mol. The minimum absolute atomic E-state index is 0.326. The molecule has 1 N–H and O–H groups in total. The second-order valence-corrected chi connectivity index (χ2v) is 4.16. The van der Waals surface area contributed by atoms with E-state index in [2.05, 4.69) is 37.0 Å². The molecule has 0 aromatic carbocycles. The third-order valence-electron chi connectivity index (χ3n) is 3.09. The van der Waals surface area contributed by atoms with Crippen molar-refractivity contribution in [1.29, 1.82) is 0 Å². The van der Waals surface area contributed by atoms with Crippen LogP contribution < -0.4 is 5.32 Å². The molecule has 14 heavy (non-hydrogen) atoms. The third-order valence-corrected chi connectivity index (χ3v) is 3.09. The van der Waals surface area contributed by atoms with Crippen LogP contribution in [0.15, 0.2) is 36.5 Å². The van der Waals surface area contributed by atoms with Crippen LogP contribution in [-0.2, 0) is 0 Å². The Balaban J connectivity index is 2.80. The van der Waals surface area contributed by atoms with Gasteiger partial charge in [0.2, 0.25) is 0 Å². The Kier molecular flexibility index (Phi) is 4.15. The van der Waals surface area contributed by atoms with Crippen molar-refractivity contribution >= 4 is 0 Å². The summed E-state index contributed by atoms with van der Waals surface area (Å²) < 4.78 is 0. The average Bonchev–Trinajstić information content (AvgIpc) is 2.20. The normalized spacial score (nSPS) is 22.6. The fourth-order valence-corrected chi connectivity index (χ4v) is 1.98. The van der Waals surface area contributed by atoms with E-state index in [0.717, 1.165) is 13.1 Å². The first-order valence-corrected chi connectivity index (χ1v) is 5.39. The molecular weight excluding hydrogens is 170 g/mol. The Hall–Kier alpha value is -0.820. The zero-order valence-electron chi connectivity index (χ0n) is 9.34. The summed E-state index contributed by atoms with van der Waals surface area (Å²) >= 11 is 0. The van der Waals surface area contributed by atoms with Gasteiger partial charge < -0.3 is 5.32 Å². The molecule has 0 aromatic heterocycles. The minimum Gasteiger partial charge on any atom is -0.317 e. The molecule has 1 fully saturated rings. The molecule has 1 aliphatic heterocycles. The number of piperidine rings is 1. The van der Waals surface area contributed by atoms with Crippen LogP contribution in [-0.4, -0.2) is 13.1 Å². The van der Waals surface area contributed by atoms with Gasteiger partial charge in [0.05, 0.1) is 0 Å². The number of allylic oxidation sites excluding steroid dienone is 5. The minimum atomic E-state index is 0.326. The fourth-order valence-electron chi connectivity index (χ4n) is 1.98. The zero-order valence-corrected chi connectivity index (χ0v) is 9.34. The first kappa shape index (κ1) is 11.3. The third kappa shape index (κ3) is 2.58. The highest BCUT2D eigenvalue weighted by molar-refractivity contribution is 5.29. The van der Waals surface area contributed by atoms with E-state index in [1.807, 2.05) is 13.0 Å². The van der Waals surface area contributed by atoms with E-state index in [-0.39, 0.29) is 0 Å². The van der Waals surface area contributed by atoms with Crippen LogP contribution in [0, 0.1) is 5.41 Å². The van der Waals surface area contributed by atoms with Gasteiger partial charge in [0, 0.05) is 0 Å². The molecule has 78 valence electrons. The van der Waals surface area contributed by atoms with Crippen LogP contribution in [0.3, 0.4) is 0 Å². The summed E-state index contributed by atoms with van der Waals surface area (Å²) in [5.74, 6) is 0. The van der Waals surface area contributed by atoms with Crippen LogP contribution in [0.25, 0.3) is 0 Å². The summed E-state index contributed by atoms with van der Waals surface area (Å²) in [7, 11) is 0. The van der Waals surface area contributed by atoms with Gasteiger partial charge in [-0.1, -0.05) is 37.8 Å². The summed E-state index contributed by atoms with van der Waals surface area (Å²) in [4.78, 5) is 0. The average molecular weight is 191 g/mol. The van der Waals surface area contributed by atoms with Gasteiger partial charge in [0.25, 0.3) is 0 Å². The summed E-state index contributed by atoms with van der Waals surface area (Å²) in [5, 5.41) is 3.40. The molecule has 1 nitrogen and oxygen atoms in total. The lowest BCUT2D eigenvalue weighted by atomic mass is 9.74.